The Balaban J connectivity index is 1.76. The van der Waals surface area contributed by atoms with Gasteiger partial charge in [-0.25, -0.2) is 0 Å². The lowest BCUT2D eigenvalue weighted by molar-refractivity contribution is -0.240. The smallest absolute Gasteiger partial charge is 0.307 e. The molecule has 0 bridgehead atoms. The number of carboxylic acid groups (broad SMARTS) is 1. The van der Waals surface area contributed by atoms with Gasteiger partial charge in [0.15, 0.2) is 0 Å². The van der Waals surface area contributed by atoms with Crippen LogP contribution in [-0.2, 0) is 9.53 Å². The topological polar surface area (TPSA) is 87.0 Å². The normalized spacial score (nSPS) is 48.9. The van der Waals surface area contributed by atoms with Crippen molar-refractivity contribution < 1.29 is 24.9 Å². The van der Waals surface area contributed by atoms with Crippen molar-refractivity contribution in [3.63, 3.8) is 0 Å². The van der Waals surface area contributed by atoms with E-state index in [1.807, 2.05) is 13.8 Å². The molecule has 6 heteroatoms. The molecule has 4 aliphatic rings. The van der Waals surface area contributed by atoms with Crippen LogP contribution >= 0.6 is 11.8 Å². The highest BCUT2D eigenvalue weighted by Crippen LogP contribution is 2.75. The fourth-order valence-electron chi connectivity index (χ4n) is 10.1. The molecule has 0 heterocycles. The summed E-state index contributed by atoms with van der Waals surface area (Å²) in [6.07, 6.45) is 7.51. The Kier molecular flexibility index (Phi) is 8.06. The third kappa shape index (κ3) is 4.30. The predicted octanol–water partition coefficient (Wildman–Crippen LogP) is 5.99. The van der Waals surface area contributed by atoms with E-state index in [0.29, 0.717) is 24.7 Å². The molecule has 0 spiro atoms. The van der Waals surface area contributed by atoms with Crippen molar-refractivity contribution in [2.45, 2.75) is 104 Å². The second-order valence-electron chi connectivity index (χ2n) is 13.7. The zero-order valence-electron chi connectivity index (χ0n) is 23.5. The molecular formula is C30H50O5S. The zero-order valence-corrected chi connectivity index (χ0v) is 24.3. The Morgan fingerprint density at radius 1 is 1.08 bits per heavy atom. The van der Waals surface area contributed by atoms with Gasteiger partial charge < -0.3 is 20.1 Å². The maximum Gasteiger partial charge on any atom is 0.307 e. The summed E-state index contributed by atoms with van der Waals surface area (Å²) in [6, 6.07) is 0. The molecule has 4 fully saturated rings. The van der Waals surface area contributed by atoms with Crippen molar-refractivity contribution in [3.05, 3.63) is 11.6 Å². The molecule has 0 aliphatic heterocycles. The summed E-state index contributed by atoms with van der Waals surface area (Å²) >= 11 is 1.78. The number of hydrogen-bond donors (Lipinski definition) is 3. The van der Waals surface area contributed by atoms with Gasteiger partial charge >= 0.3 is 5.97 Å². The van der Waals surface area contributed by atoms with Crippen molar-refractivity contribution in [2.75, 3.05) is 13.0 Å². The van der Waals surface area contributed by atoms with Gasteiger partial charge in [0.2, 0.25) is 0 Å². The SMILES string of the molecule is COCS[C@H]1C[C@@]2(C)C(C[C@@H](O)C3[C@@]4(C)CC[C@@H](O)[C@@H](C)C4CC[C@@]32C)[C@H]1[C@@H](CC=C(C)C)C(=O)O. The van der Waals surface area contributed by atoms with E-state index in [1.54, 1.807) is 18.9 Å². The summed E-state index contributed by atoms with van der Waals surface area (Å²) in [5, 5.41) is 33.2. The minimum absolute atomic E-state index is 0.000555. The van der Waals surface area contributed by atoms with E-state index in [1.165, 1.54) is 0 Å². The Morgan fingerprint density at radius 2 is 1.78 bits per heavy atom. The number of aliphatic hydroxyl groups excluding tert-OH is 2. The van der Waals surface area contributed by atoms with Gasteiger partial charge in [-0.3, -0.25) is 4.79 Å². The predicted molar refractivity (Wildman–Crippen MR) is 146 cm³/mol. The van der Waals surface area contributed by atoms with Crippen LogP contribution in [0.25, 0.3) is 0 Å². The molecule has 0 aromatic heterocycles. The molecule has 0 amide bonds. The van der Waals surface area contributed by atoms with Gasteiger partial charge in [-0.05, 0) is 105 Å². The van der Waals surface area contributed by atoms with Crippen LogP contribution in [-0.4, -0.2) is 51.8 Å². The van der Waals surface area contributed by atoms with Gasteiger partial charge in [-0.15, -0.1) is 11.8 Å². The van der Waals surface area contributed by atoms with E-state index >= 15 is 0 Å². The first-order valence-corrected chi connectivity index (χ1v) is 15.2. The summed E-state index contributed by atoms with van der Waals surface area (Å²) in [5.41, 5.74) is 1.04. The van der Waals surface area contributed by atoms with Crippen LogP contribution in [0.3, 0.4) is 0 Å². The number of fused-ring (bicyclic) bond motifs is 5. The van der Waals surface area contributed by atoms with E-state index in [4.69, 9.17) is 4.74 Å². The summed E-state index contributed by atoms with van der Waals surface area (Å²) in [6.45, 7) is 13.5. The second kappa shape index (κ2) is 10.2. The average Bonchev–Trinajstić information content (AvgIpc) is 3.07. The van der Waals surface area contributed by atoms with Crippen LogP contribution in [0.5, 0.6) is 0 Å². The minimum atomic E-state index is -0.711. The molecule has 5 nitrogen and oxygen atoms in total. The fraction of sp³-hybridized carbons (Fsp3) is 0.900. The van der Waals surface area contributed by atoms with Crippen LogP contribution < -0.4 is 0 Å². The molecular weight excluding hydrogens is 472 g/mol. The lowest BCUT2D eigenvalue weighted by atomic mass is 9.36. The van der Waals surface area contributed by atoms with Crippen LogP contribution in [0.1, 0.15) is 86.5 Å². The standard InChI is InChI=1S/C30H50O5S/c1-17(2)8-9-19(27(33)34)25-21-14-23(32)26-28(4)12-11-22(31)18(3)20(28)10-13-29(26,5)30(21,6)15-24(25)36-16-35-7/h8,18-26,31-32H,9-16H2,1-7H3,(H,33,34)/t18-,19+,20?,21?,22+,23+,24-,25+,26?,28-,29-,30-/m0/s1. The molecule has 0 radical (unpaired) electrons. The molecule has 3 N–H and O–H groups in total. The summed E-state index contributed by atoms with van der Waals surface area (Å²) in [4.78, 5) is 12.7. The molecule has 0 saturated heterocycles. The number of carboxylic acids is 1. The van der Waals surface area contributed by atoms with E-state index in [-0.39, 0.29) is 51.3 Å². The zero-order chi connectivity index (χ0) is 26.6. The highest BCUT2D eigenvalue weighted by molar-refractivity contribution is 7.99. The minimum Gasteiger partial charge on any atom is -0.481 e. The van der Waals surface area contributed by atoms with Crippen molar-refractivity contribution in [1.29, 1.82) is 0 Å². The maximum absolute atomic E-state index is 12.7. The van der Waals surface area contributed by atoms with Gasteiger partial charge in [0.25, 0.3) is 0 Å². The third-order valence-corrected chi connectivity index (χ3v) is 13.2. The number of thioether (sulfide) groups is 1. The monoisotopic (exact) mass is 522 g/mol. The van der Waals surface area contributed by atoms with E-state index in [0.717, 1.165) is 37.7 Å². The lowest BCUT2D eigenvalue weighted by Crippen LogP contribution is -2.66. The van der Waals surface area contributed by atoms with Crippen molar-refractivity contribution in [1.82, 2.24) is 0 Å². The second-order valence-corrected chi connectivity index (χ2v) is 14.9. The first kappa shape index (κ1) is 28.4. The summed E-state index contributed by atoms with van der Waals surface area (Å²) < 4.78 is 5.47. The summed E-state index contributed by atoms with van der Waals surface area (Å²) in [7, 11) is 1.71. The van der Waals surface area contributed by atoms with Crippen LogP contribution in [0, 0.1) is 51.8 Å². The number of allylic oxidation sites excluding steroid dienone is 2. The third-order valence-electron chi connectivity index (χ3n) is 11.9. The van der Waals surface area contributed by atoms with Gasteiger partial charge in [0.1, 0.15) is 0 Å². The fourth-order valence-corrected chi connectivity index (χ4v) is 11.5. The molecule has 4 rings (SSSR count). The lowest BCUT2D eigenvalue weighted by Gasteiger charge is -2.69. The van der Waals surface area contributed by atoms with E-state index < -0.39 is 18.0 Å². The Labute approximate surface area is 222 Å². The number of carbonyl (C=O) groups is 1. The van der Waals surface area contributed by atoms with Gasteiger partial charge in [0.05, 0.1) is 24.1 Å². The largest absolute Gasteiger partial charge is 0.481 e. The molecule has 4 saturated carbocycles. The Hall–Kier alpha value is -0.560. The van der Waals surface area contributed by atoms with Crippen molar-refractivity contribution in [3.8, 4) is 0 Å². The first-order chi connectivity index (χ1) is 16.8. The van der Waals surface area contributed by atoms with Gasteiger partial charge in [0, 0.05) is 12.4 Å². The molecule has 0 aromatic rings. The van der Waals surface area contributed by atoms with Crippen LogP contribution in [0.4, 0.5) is 0 Å². The molecule has 206 valence electrons. The molecule has 12 atom stereocenters. The number of aliphatic carboxylic acids is 1. The summed E-state index contributed by atoms with van der Waals surface area (Å²) in [5.74, 6) is 0.434. The Morgan fingerprint density at radius 3 is 2.39 bits per heavy atom. The average molecular weight is 523 g/mol. The highest BCUT2D eigenvalue weighted by Gasteiger charge is 2.71. The maximum atomic E-state index is 12.7. The van der Waals surface area contributed by atoms with Gasteiger partial charge in [-0.2, -0.15) is 0 Å². The first-order valence-electron chi connectivity index (χ1n) is 14.1. The number of hydrogen-bond acceptors (Lipinski definition) is 5. The van der Waals surface area contributed by atoms with E-state index in [9.17, 15) is 20.1 Å². The molecule has 0 aromatic carbocycles. The quantitative estimate of drug-likeness (QED) is 0.281. The van der Waals surface area contributed by atoms with Crippen LogP contribution in [0.15, 0.2) is 11.6 Å². The van der Waals surface area contributed by atoms with Crippen molar-refractivity contribution in [2.24, 2.45) is 51.8 Å². The number of rotatable bonds is 7. The highest BCUT2D eigenvalue weighted by atomic mass is 32.2. The Bertz CT molecular complexity index is 856. The van der Waals surface area contributed by atoms with Gasteiger partial charge in [-0.1, -0.05) is 39.3 Å². The number of methoxy groups -OCH3 is 1. The molecule has 36 heavy (non-hydrogen) atoms. The molecule has 4 aliphatic carbocycles. The van der Waals surface area contributed by atoms with Crippen LogP contribution in [0.2, 0.25) is 0 Å². The number of aliphatic hydroxyl groups is 2. The number of ether oxygens (including phenoxy) is 1. The van der Waals surface area contributed by atoms with Crippen molar-refractivity contribution >= 4 is 17.7 Å². The molecule has 3 unspecified atom stereocenters. The van der Waals surface area contributed by atoms with E-state index in [2.05, 4.69) is 33.8 Å².